The van der Waals surface area contributed by atoms with E-state index in [1.165, 1.54) is 18.4 Å². The molecular formula is C18H25NO. The van der Waals surface area contributed by atoms with Crippen LogP contribution in [0.1, 0.15) is 43.6 Å². The summed E-state index contributed by atoms with van der Waals surface area (Å²) in [6, 6.07) is 11.1. The van der Waals surface area contributed by atoms with E-state index in [2.05, 4.69) is 35.5 Å². The molecule has 0 aliphatic heterocycles. The molecule has 20 heavy (non-hydrogen) atoms. The van der Waals surface area contributed by atoms with E-state index in [0.29, 0.717) is 17.9 Å². The number of hydrogen-bond donors (Lipinski definition) is 2. The summed E-state index contributed by atoms with van der Waals surface area (Å²) >= 11 is 0. The van der Waals surface area contributed by atoms with Crippen molar-refractivity contribution in [1.29, 1.82) is 0 Å². The number of nitrogens with one attached hydrogen (secondary N) is 1. The molecule has 0 bridgehead atoms. The van der Waals surface area contributed by atoms with Gasteiger partial charge < -0.3 is 10.4 Å². The van der Waals surface area contributed by atoms with Gasteiger partial charge in [-0.3, -0.25) is 0 Å². The van der Waals surface area contributed by atoms with Crippen LogP contribution in [0.5, 0.6) is 0 Å². The van der Waals surface area contributed by atoms with Gasteiger partial charge in [-0.25, -0.2) is 0 Å². The van der Waals surface area contributed by atoms with Gasteiger partial charge in [0.2, 0.25) is 0 Å². The van der Waals surface area contributed by atoms with Crippen LogP contribution in [0.4, 0.5) is 0 Å². The largest absolute Gasteiger partial charge is 0.396 e. The molecule has 0 saturated heterocycles. The smallest absolute Gasteiger partial charge is 0.0437 e. The molecule has 1 saturated carbocycles. The van der Waals surface area contributed by atoms with E-state index in [9.17, 15) is 5.11 Å². The minimum absolute atomic E-state index is 0.241. The van der Waals surface area contributed by atoms with Gasteiger partial charge in [-0.15, -0.1) is 12.3 Å². The highest BCUT2D eigenvalue weighted by Crippen LogP contribution is 2.25. The maximum absolute atomic E-state index is 9.25. The van der Waals surface area contributed by atoms with Crippen molar-refractivity contribution in [2.75, 3.05) is 13.2 Å². The summed E-state index contributed by atoms with van der Waals surface area (Å²) in [4.78, 5) is 0. The van der Waals surface area contributed by atoms with Crippen molar-refractivity contribution < 1.29 is 5.11 Å². The van der Waals surface area contributed by atoms with Crippen molar-refractivity contribution in [2.24, 2.45) is 5.92 Å². The van der Waals surface area contributed by atoms with Crippen LogP contribution in [-0.4, -0.2) is 24.3 Å². The van der Waals surface area contributed by atoms with Gasteiger partial charge >= 0.3 is 0 Å². The predicted molar refractivity (Wildman–Crippen MR) is 83.5 cm³/mol. The second-order valence-electron chi connectivity index (χ2n) is 5.74. The molecule has 1 aromatic rings. The van der Waals surface area contributed by atoms with Gasteiger partial charge in [-0.05, 0) is 43.6 Å². The molecular weight excluding hydrogens is 246 g/mol. The molecule has 0 radical (unpaired) electrons. The Balaban J connectivity index is 1.83. The second kappa shape index (κ2) is 8.09. The Morgan fingerprint density at radius 1 is 1.20 bits per heavy atom. The average molecular weight is 271 g/mol. The van der Waals surface area contributed by atoms with Crippen molar-refractivity contribution in [3.63, 3.8) is 0 Å². The molecule has 0 amide bonds. The van der Waals surface area contributed by atoms with E-state index in [-0.39, 0.29) is 6.61 Å². The Bertz CT molecular complexity index is 415. The first-order valence-electron chi connectivity index (χ1n) is 7.68. The van der Waals surface area contributed by atoms with Crippen LogP contribution in [0, 0.1) is 18.3 Å². The summed E-state index contributed by atoms with van der Waals surface area (Å²) in [5.41, 5.74) is 1.31. The third-order valence-corrected chi connectivity index (χ3v) is 4.36. The molecule has 2 N–H and O–H groups in total. The lowest BCUT2D eigenvalue weighted by atomic mass is 9.86. The number of hydrogen-bond acceptors (Lipinski definition) is 2. The summed E-state index contributed by atoms with van der Waals surface area (Å²) < 4.78 is 0. The third-order valence-electron chi connectivity index (χ3n) is 4.36. The zero-order valence-corrected chi connectivity index (χ0v) is 12.1. The van der Waals surface area contributed by atoms with Crippen LogP contribution in [0.2, 0.25) is 0 Å². The maximum Gasteiger partial charge on any atom is 0.0437 e. The summed E-state index contributed by atoms with van der Waals surface area (Å²) in [5.74, 6) is 3.75. The van der Waals surface area contributed by atoms with Crippen molar-refractivity contribution >= 4 is 0 Å². The highest BCUT2D eigenvalue weighted by Gasteiger charge is 2.20. The quantitative estimate of drug-likeness (QED) is 0.780. The SMILES string of the molecule is C#CC1CCC(NCC(CCO)c2ccccc2)CC1. The number of aliphatic hydroxyl groups excluding tert-OH is 1. The number of terminal acetylenes is 1. The van der Waals surface area contributed by atoms with Crippen molar-refractivity contribution in [1.82, 2.24) is 5.32 Å². The Hall–Kier alpha value is -1.30. The number of rotatable bonds is 6. The second-order valence-corrected chi connectivity index (χ2v) is 5.74. The van der Waals surface area contributed by atoms with Gasteiger partial charge in [0.1, 0.15) is 0 Å². The average Bonchev–Trinajstić information content (AvgIpc) is 2.53. The zero-order chi connectivity index (χ0) is 14.2. The van der Waals surface area contributed by atoms with E-state index in [0.717, 1.165) is 25.8 Å². The summed E-state index contributed by atoms with van der Waals surface area (Å²) in [6.45, 7) is 1.18. The first kappa shape index (κ1) is 15.1. The topological polar surface area (TPSA) is 32.3 Å². The summed E-state index contributed by atoms with van der Waals surface area (Å²) in [5, 5.41) is 12.9. The van der Waals surface area contributed by atoms with Crippen LogP contribution in [0.3, 0.4) is 0 Å². The Labute approximate surface area is 122 Å². The standard InChI is InChI=1S/C18H25NO/c1-2-15-8-10-18(11-9-15)19-14-17(12-13-20)16-6-4-3-5-7-16/h1,3-7,15,17-20H,8-14H2. The molecule has 1 fully saturated rings. The Morgan fingerprint density at radius 2 is 1.90 bits per heavy atom. The molecule has 1 unspecified atom stereocenters. The van der Waals surface area contributed by atoms with Gasteiger partial charge in [0.15, 0.2) is 0 Å². The van der Waals surface area contributed by atoms with Crippen LogP contribution in [0.15, 0.2) is 30.3 Å². The maximum atomic E-state index is 9.25. The Kier molecular flexibility index (Phi) is 6.11. The predicted octanol–water partition coefficient (Wildman–Crippen LogP) is 2.93. The zero-order valence-electron chi connectivity index (χ0n) is 12.1. The molecule has 0 spiro atoms. The Morgan fingerprint density at radius 3 is 2.50 bits per heavy atom. The summed E-state index contributed by atoms with van der Waals surface area (Å²) in [7, 11) is 0. The number of benzene rings is 1. The van der Waals surface area contributed by atoms with Gasteiger partial charge in [0.25, 0.3) is 0 Å². The van der Waals surface area contributed by atoms with Crippen molar-refractivity contribution in [2.45, 2.75) is 44.1 Å². The van der Waals surface area contributed by atoms with E-state index >= 15 is 0 Å². The fraction of sp³-hybridized carbons (Fsp3) is 0.556. The van der Waals surface area contributed by atoms with Gasteiger partial charge in [0.05, 0.1) is 0 Å². The van der Waals surface area contributed by atoms with Crippen LogP contribution < -0.4 is 5.32 Å². The van der Waals surface area contributed by atoms with Gasteiger partial charge in [-0.2, -0.15) is 0 Å². The molecule has 2 nitrogen and oxygen atoms in total. The lowest BCUT2D eigenvalue weighted by Gasteiger charge is -2.28. The van der Waals surface area contributed by atoms with Gasteiger partial charge in [0, 0.05) is 25.1 Å². The van der Waals surface area contributed by atoms with Crippen molar-refractivity contribution in [3.8, 4) is 12.3 Å². The number of aliphatic hydroxyl groups is 1. The fourth-order valence-corrected chi connectivity index (χ4v) is 3.04. The molecule has 0 aromatic heterocycles. The van der Waals surface area contributed by atoms with Crippen LogP contribution >= 0.6 is 0 Å². The van der Waals surface area contributed by atoms with Crippen LogP contribution in [0.25, 0.3) is 0 Å². The molecule has 1 atom stereocenters. The molecule has 2 heteroatoms. The van der Waals surface area contributed by atoms with E-state index in [4.69, 9.17) is 6.42 Å². The summed E-state index contributed by atoms with van der Waals surface area (Å²) in [6.07, 6.45) is 10.9. The minimum atomic E-state index is 0.241. The highest BCUT2D eigenvalue weighted by molar-refractivity contribution is 5.19. The molecule has 2 rings (SSSR count). The first-order chi connectivity index (χ1) is 9.83. The van der Waals surface area contributed by atoms with Gasteiger partial charge in [-0.1, -0.05) is 30.3 Å². The first-order valence-corrected chi connectivity index (χ1v) is 7.68. The molecule has 0 heterocycles. The third kappa shape index (κ3) is 4.37. The molecule has 1 aliphatic carbocycles. The normalized spacial score (nSPS) is 24.0. The van der Waals surface area contributed by atoms with E-state index in [1.54, 1.807) is 0 Å². The monoisotopic (exact) mass is 271 g/mol. The minimum Gasteiger partial charge on any atom is -0.396 e. The molecule has 1 aromatic carbocycles. The van der Waals surface area contributed by atoms with E-state index in [1.807, 2.05) is 6.07 Å². The van der Waals surface area contributed by atoms with Crippen molar-refractivity contribution in [3.05, 3.63) is 35.9 Å². The van der Waals surface area contributed by atoms with E-state index < -0.39 is 0 Å². The highest BCUT2D eigenvalue weighted by atomic mass is 16.3. The fourth-order valence-electron chi connectivity index (χ4n) is 3.04. The molecule has 108 valence electrons. The lowest BCUT2D eigenvalue weighted by molar-refractivity contribution is 0.266. The molecule has 1 aliphatic rings. The lowest BCUT2D eigenvalue weighted by Crippen LogP contribution is -2.35. The van der Waals surface area contributed by atoms with Crippen LogP contribution in [-0.2, 0) is 0 Å².